The normalized spacial score (nSPS) is 15.2. The number of aryl methyl sites for hydroxylation is 1. The summed E-state index contributed by atoms with van der Waals surface area (Å²) in [6, 6.07) is 11.8. The van der Waals surface area contributed by atoms with Crippen molar-refractivity contribution in [1.29, 1.82) is 0 Å². The van der Waals surface area contributed by atoms with E-state index < -0.39 is 6.10 Å². The van der Waals surface area contributed by atoms with Crippen molar-refractivity contribution in [2.75, 3.05) is 25.5 Å². The zero-order valence-electron chi connectivity index (χ0n) is 17.1. The van der Waals surface area contributed by atoms with Crippen molar-refractivity contribution < 1.29 is 14.6 Å². The number of fused-ring (bicyclic) bond motifs is 3. The lowest BCUT2D eigenvalue weighted by molar-refractivity contribution is -0.114. The minimum atomic E-state index is -0.651. The van der Waals surface area contributed by atoms with Crippen LogP contribution < -0.4 is 10.1 Å². The predicted octanol–water partition coefficient (Wildman–Crippen LogP) is 3.54. The van der Waals surface area contributed by atoms with Crippen molar-refractivity contribution in [1.82, 2.24) is 9.88 Å². The van der Waals surface area contributed by atoms with Crippen LogP contribution in [0.3, 0.4) is 0 Å². The molecule has 6 nitrogen and oxygen atoms in total. The molecule has 0 saturated carbocycles. The summed E-state index contributed by atoms with van der Waals surface area (Å²) in [7, 11) is 1.56. The van der Waals surface area contributed by atoms with Gasteiger partial charge in [-0.1, -0.05) is 24.3 Å². The Morgan fingerprint density at radius 1 is 1.34 bits per heavy atom. The first kappa shape index (κ1) is 19.5. The molecule has 0 bridgehead atoms. The predicted molar refractivity (Wildman–Crippen MR) is 114 cm³/mol. The molecule has 1 amide bonds. The van der Waals surface area contributed by atoms with Crippen molar-refractivity contribution in [2.45, 2.75) is 32.9 Å². The maximum atomic E-state index is 11.5. The Morgan fingerprint density at radius 3 is 2.93 bits per heavy atom. The highest BCUT2D eigenvalue weighted by molar-refractivity contribution is 5.90. The molecule has 29 heavy (non-hydrogen) atoms. The summed E-state index contributed by atoms with van der Waals surface area (Å²) in [5.41, 5.74) is 6.44. The number of methoxy groups -OCH3 is 1. The molecule has 0 fully saturated rings. The van der Waals surface area contributed by atoms with Crippen LogP contribution in [0.15, 0.2) is 36.4 Å². The molecule has 0 unspecified atom stereocenters. The molecule has 152 valence electrons. The summed E-state index contributed by atoms with van der Waals surface area (Å²) in [4.78, 5) is 17.3. The van der Waals surface area contributed by atoms with E-state index in [1.54, 1.807) is 19.2 Å². The largest absolute Gasteiger partial charge is 0.495 e. The lowest BCUT2D eigenvalue weighted by Gasteiger charge is -2.29. The molecule has 1 aromatic heterocycles. The molecular formula is C23H27N3O3. The summed E-state index contributed by atoms with van der Waals surface area (Å²) in [6.07, 6.45) is 0.289. The summed E-state index contributed by atoms with van der Waals surface area (Å²) in [5.74, 6) is 0.404. The number of para-hydroxylation sites is 1. The molecule has 0 aliphatic carbocycles. The standard InChI is InChI=1S/C23H27N3O3/c1-14-5-4-6-17-18-12-26(10-9-19(18)25-23(14)17)13-21(28)16-7-8-22(29-3)20(11-16)24-15(2)27/h4-8,11,21,25,28H,9-10,12-13H2,1-3H3,(H,24,27)/t21-/m0/s1. The van der Waals surface area contributed by atoms with Gasteiger partial charge in [0.2, 0.25) is 5.91 Å². The molecule has 4 rings (SSSR count). The lowest BCUT2D eigenvalue weighted by Crippen LogP contribution is -2.33. The van der Waals surface area contributed by atoms with Gasteiger partial charge in [-0.15, -0.1) is 0 Å². The van der Waals surface area contributed by atoms with E-state index in [9.17, 15) is 9.90 Å². The van der Waals surface area contributed by atoms with Gasteiger partial charge in [-0.05, 0) is 35.7 Å². The van der Waals surface area contributed by atoms with Gasteiger partial charge in [-0.25, -0.2) is 0 Å². The van der Waals surface area contributed by atoms with Gasteiger partial charge >= 0.3 is 0 Å². The molecule has 2 heterocycles. The number of β-amino-alcohol motifs (C(OH)–C–C–N with tert-alkyl or cyclic N) is 1. The highest BCUT2D eigenvalue weighted by Crippen LogP contribution is 2.32. The van der Waals surface area contributed by atoms with Gasteiger partial charge < -0.3 is 20.1 Å². The second kappa shape index (κ2) is 7.89. The van der Waals surface area contributed by atoms with Gasteiger partial charge in [0, 0.05) is 49.6 Å². The first-order valence-corrected chi connectivity index (χ1v) is 9.91. The molecule has 3 N–H and O–H groups in total. The van der Waals surface area contributed by atoms with E-state index >= 15 is 0 Å². The Balaban J connectivity index is 1.52. The van der Waals surface area contributed by atoms with Crippen molar-refractivity contribution in [3.05, 3.63) is 58.8 Å². The van der Waals surface area contributed by atoms with Crippen LogP contribution in [0.4, 0.5) is 5.69 Å². The minimum Gasteiger partial charge on any atom is -0.495 e. The number of amides is 1. The summed E-state index contributed by atoms with van der Waals surface area (Å²) < 4.78 is 5.30. The number of ether oxygens (including phenoxy) is 1. The van der Waals surface area contributed by atoms with Gasteiger partial charge in [-0.2, -0.15) is 0 Å². The SMILES string of the molecule is COc1ccc([C@@H](O)CN2CCc3[nH]c4c(C)cccc4c3C2)cc1NC(C)=O. The Labute approximate surface area is 170 Å². The van der Waals surface area contributed by atoms with E-state index in [0.29, 0.717) is 18.0 Å². The van der Waals surface area contributed by atoms with E-state index in [1.165, 1.54) is 34.6 Å². The number of benzene rings is 2. The van der Waals surface area contributed by atoms with E-state index in [4.69, 9.17) is 4.74 Å². The van der Waals surface area contributed by atoms with Crippen LogP contribution in [-0.2, 0) is 17.8 Å². The third-order valence-electron chi connectivity index (χ3n) is 5.65. The zero-order chi connectivity index (χ0) is 20.5. The fourth-order valence-electron chi connectivity index (χ4n) is 4.17. The van der Waals surface area contributed by atoms with Gasteiger partial charge in [0.25, 0.3) is 0 Å². The average Bonchev–Trinajstić information content (AvgIpc) is 3.07. The number of anilines is 1. The highest BCUT2D eigenvalue weighted by Gasteiger charge is 2.23. The van der Waals surface area contributed by atoms with E-state index in [1.807, 2.05) is 6.07 Å². The zero-order valence-corrected chi connectivity index (χ0v) is 17.1. The Hall–Kier alpha value is -2.83. The topological polar surface area (TPSA) is 77.6 Å². The number of H-pyrrole nitrogens is 1. The highest BCUT2D eigenvalue weighted by atomic mass is 16.5. The number of carbonyl (C=O) groups excluding carboxylic acids is 1. The first-order chi connectivity index (χ1) is 14.0. The van der Waals surface area contributed by atoms with Crippen LogP contribution in [0.25, 0.3) is 10.9 Å². The van der Waals surface area contributed by atoms with Crippen LogP contribution in [0.2, 0.25) is 0 Å². The van der Waals surface area contributed by atoms with Crippen LogP contribution >= 0.6 is 0 Å². The number of hydrogen-bond acceptors (Lipinski definition) is 4. The van der Waals surface area contributed by atoms with Crippen LogP contribution in [-0.4, -0.2) is 41.1 Å². The summed E-state index contributed by atoms with van der Waals surface area (Å²) in [6.45, 7) is 5.82. The van der Waals surface area contributed by atoms with Gasteiger partial charge in [0.1, 0.15) is 5.75 Å². The fraction of sp³-hybridized carbons (Fsp3) is 0.348. The van der Waals surface area contributed by atoms with Crippen LogP contribution in [0.1, 0.15) is 35.4 Å². The molecule has 3 aromatic rings. The Bertz CT molecular complexity index is 1060. The molecular weight excluding hydrogens is 366 g/mol. The second-order valence-corrected chi connectivity index (χ2v) is 7.72. The quantitative estimate of drug-likeness (QED) is 0.620. The van der Waals surface area contributed by atoms with Crippen molar-refractivity contribution in [3.63, 3.8) is 0 Å². The number of aromatic amines is 1. The second-order valence-electron chi connectivity index (χ2n) is 7.72. The molecule has 2 aromatic carbocycles. The Kier molecular flexibility index (Phi) is 5.30. The van der Waals surface area contributed by atoms with E-state index in [-0.39, 0.29) is 5.91 Å². The maximum absolute atomic E-state index is 11.5. The van der Waals surface area contributed by atoms with E-state index in [2.05, 4.69) is 40.3 Å². The number of carbonyl (C=O) groups is 1. The molecule has 6 heteroatoms. The minimum absolute atomic E-state index is 0.173. The number of nitrogens with one attached hydrogen (secondary N) is 2. The number of nitrogens with zero attached hydrogens (tertiary/aromatic N) is 1. The van der Waals surface area contributed by atoms with Crippen molar-refractivity contribution >= 4 is 22.5 Å². The fourth-order valence-corrected chi connectivity index (χ4v) is 4.17. The third-order valence-corrected chi connectivity index (χ3v) is 5.65. The van der Waals surface area contributed by atoms with E-state index in [0.717, 1.165) is 25.1 Å². The molecule has 1 atom stereocenters. The van der Waals surface area contributed by atoms with Crippen LogP contribution in [0, 0.1) is 6.92 Å². The monoisotopic (exact) mass is 393 g/mol. The molecule has 0 saturated heterocycles. The smallest absolute Gasteiger partial charge is 0.221 e. The van der Waals surface area contributed by atoms with Gasteiger partial charge in [0.05, 0.1) is 18.9 Å². The summed E-state index contributed by atoms with van der Waals surface area (Å²) in [5, 5.41) is 14.9. The van der Waals surface area contributed by atoms with Crippen molar-refractivity contribution in [3.8, 4) is 5.75 Å². The first-order valence-electron chi connectivity index (χ1n) is 9.91. The number of aliphatic hydroxyl groups excluding tert-OH is 1. The number of rotatable bonds is 5. The lowest BCUT2D eigenvalue weighted by atomic mass is 10.0. The Morgan fingerprint density at radius 2 is 2.17 bits per heavy atom. The van der Waals surface area contributed by atoms with Gasteiger partial charge in [0.15, 0.2) is 0 Å². The summed E-state index contributed by atoms with van der Waals surface area (Å²) >= 11 is 0. The number of aromatic nitrogens is 1. The van der Waals surface area contributed by atoms with Crippen LogP contribution in [0.5, 0.6) is 5.75 Å². The average molecular weight is 393 g/mol. The number of hydrogen-bond donors (Lipinski definition) is 3. The molecule has 0 radical (unpaired) electrons. The molecule has 1 aliphatic heterocycles. The maximum Gasteiger partial charge on any atom is 0.221 e. The molecule has 0 spiro atoms. The van der Waals surface area contributed by atoms with Crippen molar-refractivity contribution in [2.24, 2.45) is 0 Å². The molecule has 1 aliphatic rings. The third kappa shape index (κ3) is 3.86. The number of aliphatic hydroxyl groups is 1. The van der Waals surface area contributed by atoms with Gasteiger partial charge in [-0.3, -0.25) is 9.69 Å².